The molecule has 4 heteroatoms. The van der Waals surface area contributed by atoms with Crippen LogP contribution >= 0.6 is 0 Å². The monoisotopic (exact) mass is 213 g/mol. The molecule has 0 amide bonds. The maximum Gasteiger partial charge on any atom is 0.277 e. The summed E-state index contributed by atoms with van der Waals surface area (Å²) < 4.78 is 1.36. The third-order valence-electron chi connectivity index (χ3n) is 2.32. The number of benzene rings is 1. The van der Waals surface area contributed by atoms with Crippen molar-refractivity contribution in [3.8, 4) is 12.3 Å². The lowest BCUT2D eigenvalue weighted by molar-refractivity contribution is 0.530. The zero-order valence-corrected chi connectivity index (χ0v) is 8.76. The third kappa shape index (κ3) is 1.94. The molecule has 2 rings (SSSR count). The highest BCUT2D eigenvalue weighted by Crippen LogP contribution is 2.03. The van der Waals surface area contributed by atoms with Crippen molar-refractivity contribution in [3.63, 3.8) is 0 Å². The lowest BCUT2D eigenvalue weighted by Gasteiger charge is -2.02. The minimum atomic E-state index is -0.109. The van der Waals surface area contributed by atoms with Gasteiger partial charge in [0.1, 0.15) is 5.52 Å². The van der Waals surface area contributed by atoms with Gasteiger partial charge < -0.3 is 0 Å². The molecule has 0 bridgehead atoms. The van der Waals surface area contributed by atoms with Gasteiger partial charge in [-0.05, 0) is 18.6 Å². The molecule has 0 radical (unpaired) electrons. The molecule has 1 aromatic heterocycles. The van der Waals surface area contributed by atoms with Crippen LogP contribution in [0.2, 0.25) is 0 Å². The summed E-state index contributed by atoms with van der Waals surface area (Å²) in [7, 11) is 0. The van der Waals surface area contributed by atoms with Crippen molar-refractivity contribution in [1.82, 2.24) is 15.0 Å². The standard InChI is InChI=1S/C12H11N3O/c1-2-3-6-9-15-12(16)10-7-4-5-8-11(10)13-14-15/h1,4-5,7-8H,3,6,9H2. The zero-order valence-electron chi connectivity index (χ0n) is 8.76. The first-order chi connectivity index (χ1) is 7.83. The summed E-state index contributed by atoms with van der Waals surface area (Å²) in [6.45, 7) is 0.515. The summed E-state index contributed by atoms with van der Waals surface area (Å²) in [5.74, 6) is 2.53. The Bertz CT molecular complexity index is 595. The van der Waals surface area contributed by atoms with E-state index in [9.17, 15) is 4.79 Å². The predicted octanol–water partition coefficient (Wildman–Crippen LogP) is 1.20. The number of aryl methyl sites for hydroxylation is 1. The molecule has 0 aliphatic rings. The van der Waals surface area contributed by atoms with Crippen LogP contribution in [0.5, 0.6) is 0 Å². The highest BCUT2D eigenvalue weighted by atomic mass is 16.1. The van der Waals surface area contributed by atoms with Crippen molar-refractivity contribution >= 4 is 10.9 Å². The predicted molar refractivity (Wildman–Crippen MR) is 61.9 cm³/mol. The van der Waals surface area contributed by atoms with Crippen molar-refractivity contribution in [3.05, 3.63) is 34.6 Å². The van der Waals surface area contributed by atoms with Crippen LogP contribution in [0.3, 0.4) is 0 Å². The van der Waals surface area contributed by atoms with Crippen LogP contribution in [0.25, 0.3) is 10.9 Å². The Morgan fingerprint density at radius 3 is 3.00 bits per heavy atom. The summed E-state index contributed by atoms with van der Waals surface area (Å²) in [5, 5.41) is 8.44. The van der Waals surface area contributed by atoms with Gasteiger partial charge in [0, 0.05) is 13.0 Å². The van der Waals surface area contributed by atoms with Gasteiger partial charge in [-0.2, -0.15) is 0 Å². The molecular formula is C12H11N3O. The van der Waals surface area contributed by atoms with E-state index in [2.05, 4.69) is 16.2 Å². The van der Waals surface area contributed by atoms with E-state index < -0.39 is 0 Å². The van der Waals surface area contributed by atoms with E-state index >= 15 is 0 Å². The maximum atomic E-state index is 11.9. The van der Waals surface area contributed by atoms with Gasteiger partial charge in [-0.3, -0.25) is 4.79 Å². The number of aromatic nitrogens is 3. The minimum absolute atomic E-state index is 0.109. The molecule has 2 aromatic rings. The molecule has 0 fully saturated rings. The van der Waals surface area contributed by atoms with E-state index in [1.807, 2.05) is 12.1 Å². The Kier molecular flexibility index (Phi) is 2.97. The van der Waals surface area contributed by atoms with E-state index in [0.29, 0.717) is 23.9 Å². The fraction of sp³-hybridized carbons (Fsp3) is 0.250. The molecule has 0 saturated heterocycles. The second kappa shape index (κ2) is 4.58. The minimum Gasteiger partial charge on any atom is -0.267 e. The van der Waals surface area contributed by atoms with Crippen molar-refractivity contribution in [2.75, 3.05) is 0 Å². The van der Waals surface area contributed by atoms with E-state index in [4.69, 9.17) is 6.42 Å². The van der Waals surface area contributed by atoms with Gasteiger partial charge in [-0.15, -0.1) is 17.4 Å². The van der Waals surface area contributed by atoms with E-state index in [0.717, 1.165) is 6.42 Å². The van der Waals surface area contributed by atoms with Gasteiger partial charge in [-0.1, -0.05) is 17.3 Å². The Balaban J connectivity index is 2.38. The molecule has 4 nitrogen and oxygen atoms in total. The molecule has 0 N–H and O–H groups in total. The molecule has 0 aliphatic carbocycles. The molecular weight excluding hydrogens is 202 g/mol. The van der Waals surface area contributed by atoms with Crippen LogP contribution in [0.15, 0.2) is 29.1 Å². The highest BCUT2D eigenvalue weighted by molar-refractivity contribution is 5.76. The molecule has 0 saturated carbocycles. The Labute approximate surface area is 92.9 Å². The number of rotatable bonds is 3. The number of unbranched alkanes of at least 4 members (excludes halogenated alkanes) is 1. The van der Waals surface area contributed by atoms with Gasteiger partial charge in [0.05, 0.1) is 5.39 Å². The maximum absolute atomic E-state index is 11.9. The topological polar surface area (TPSA) is 47.8 Å². The summed E-state index contributed by atoms with van der Waals surface area (Å²) in [6, 6.07) is 7.18. The molecule has 0 atom stereocenters. The molecule has 0 aliphatic heterocycles. The van der Waals surface area contributed by atoms with Crippen molar-refractivity contribution < 1.29 is 0 Å². The van der Waals surface area contributed by atoms with Crippen molar-refractivity contribution in [2.45, 2.75) is 19.4 Å². The molecule has 1 heterocycles. The molecule has 80 valence electrons. The van der Waals surface area contributed by atoms with E-state index in [1.54, 1.807) is 12.1 Å². The van der Waals surface area contributed by atoms with Crippen LogP contribution in [-0.2, 0) is 6.54 Å². The average Bonchev–Trinajstić information content (AvgIpc) is 2.33. The SMILES string of the molecule is C#CCCCn1nnc2ccccc2c1=O. The summed E-state index contributed by atoms with van der Waals surface area (Å²) in [5.41, 5.74) is 0.517. The van der Waals surface area contributed by atoms with Crippen LogP contribution in [0.1, 0.15) is 12.8 Å². The van der Waals surface area contributed by atoms with E-state index in [1.165, 1.54) is 4.68 Å². The zero-order chi connectivity index (χ0) is 11.4. The first-order valence-electron chi connectivity index (χ1n) is 5.09. The van der Waals surface area contributed by atoms with Gasteiger partial charge >= 0.3 is 0 Å². The normalized spacial score (nSPS) is 10.2. The molecule has 1 aromatic carbocycles. The van der Waals surface area contributed by atoms with Gasteiger partial charge in [0.2, 0.25) is 0 Å². The van der Waals surface area contributed by atoms with Crippen LogP contribution in [0, 0.1) is 12.3 Å². The average molecular weight is 213 g/mol. The number of hydrogen-bond acceptors (Lipinski definition) is 3. The summed E-state index contributed by atoms with van der Waals surface area (Å²) in [4.78, 5) is 11.9. The lowest BCUT2D eigenvalue weighted by Crippen LogP contribution is -2.24. The first kappa shape index (κ1) is 10.4. The number of terminal acetylenes is 1. The lowest BCUT2D eigenvalue weighted by atomic mass is 10.2. The Hall–Kier alpha value is -2.15. The first-order valence-corrected chi connectivity index (χ1v) is 5.09. The van der Waals surface area contributed by atoms with E-state index in [-0.39, 0.29) is 5.56 Å². The van der Waals surface area contributed by atoms with Crippen molar-refractivity contribution in [1.29, 1.82) is 0 Å². The third-order valence-corrected chi connectivity index (χ3v) is 2.32. The second-order valence-electron chi connectivity index (χ2n) is 3.44. The molecule has 0 unspecified atom stereocenters. The smallest absolute Gasteiger partial charge is 0.267 e. The quantitative estimate of drug-likeness (QED) is 0.568. The molecule has 16 heavy (non-hydrogen) atoms. The van der Waals surface area contributed by atoms with Crippen LogP contribution < -0.4 is 5.56 Å². The van der Waals surface area contributed by atoms with Gasteiger partial charge in [-0.25, -0.2) is 4.68 Å². The fourth-order valence-electron chi connectivity index (χ4n) is 1.50. The summed E-state index contributed by atoms with van der Waals surface area (Å²) in [6.07, 6.45) is 6.53. The fourth-order valence-corrected chi connectivity index (χ4v) is 1.50. The number of fused-ring (bicyclic) bond motifs is 1. The second-order valence-corrected chi connectivity index (χ2v) is 3.44. The van der Waals surface area contributed by atoms with Crippen molar-refractivity contribution in [2.24, 2.45) is 0 Å². The highest BCUT2D eigenvalue weighted by Gasteiger charge is 2.03. The Morgan fingerprint density at radius 2 is 2.19 bits per heavy atom. The largest absolute Gasteiger partial charge is 0.277 e. The summed E-state index contributed by atoms with van der Waals surface area (Å²) >= 11 is 0. The van der Waals surface area contributed by atoms with Crippen LogP contribution in [-0.4, -0.2) is 15.0 Å². The van der Waals surface area contributed by atoms with Gasteiger partial charge in [0.25, 0.3) is 5.56 Å². The van der Waals surface area contributed by atoms with Crippen LogP contribution in [0.4, 0.5) is 0 Å². The molecule has 0 spiro atoms. The van der Waals surface area contributed by atoms with Gasteiger partial charge in [0.15, 0.2) is 0 Å². The number of hydrogen-bond donors (Lipinski definition) is 0. The number of nitrogens with zero attached hydrogens (tertiary/aromatic N) is 3. The Morgan fingerprint density at radius 1 is 1.38 bits per heavy atom.